The summed E-state index contributed by atoms with van der Waals surface area (Å²) in [6.07, 6.45) is 0.551. The van der Waals surface area contributed by atoms with Crippen LogP contribution in [0.25, 0.3) is 0 Å². The van der Waals surface area contributed by atoms with Gasteiger partial charge in [-0.2, -0.15) is 21.6 Å². The van der Waals surface area contributed by atoms with E-state index in [1.807, 2.05) is 0 Å². The normalized spacial score (nSPS) is 46.7. The van der Waals surface area contributed by atoms with Crippen molar-refractivity contribution in [2.45, 2.75) is 73.6 Å². The number of hydrogen-bond acceptors (Lipinski definition) is 6. The first-order chi connectivity index (χ1) is 11.7. The number of halogens is 4. The molecule has 26 heavy (non-hydrogen) atoms. The van der Waals surface area contributed by atoms with Gasteiger partial charge in [0.15, 0.2) is 5.79 Å². The summed E-state index contributed by atoms with van der Waals surface area (Å²) in [5, 5.41) is 0. The summed E-state index contributed by atoms with van der Waals surface area (Å²) in [6.45, 7) is 5.17. The minimum atomic E-state index is -5.77. The third-order valence-corrected chi connectivity index (χ3v) is 7.76. The zero-order valence-corrected chi connectivity index (χ0v) is 16.6. The van der Waals surface area contributed by atoms with E-state index >= 15 is 0 Å². The van der Waals surface area contributed by atoms with Crippen LogP contribution in [0.3, 0.4) is 0 Å². The van der Waals surface area contributed by atoms with Crippen molar-refractivity contribution in [3.05, 3.63) is 11.8 Å². The smallest absolute Gasteiger partial charge is 0.380 e. The van der Waals surface area contributed by atoms with E-state index in [2.05, 4.69) is 20.1 Å². The van der Waals surface area contributed by atoms with Crippen molar-refractivity contribution in [2.75, 3.05) is 0 Å². The van der Waals surface area contributed by atoms with Crippen LogP contribution in [0.2, 0.25) is 0 Å². The van der Waals surface area contributed by atoms with Crippen LogP contribution in [0.1, 0.15) is 33.6 Å². The second-order valence-electron chi connectivity index (χ2n) is 7.76. The Morgan fingerprint density at radius 2 is 1.88 bits per heavy atom. The fourth-order valence-electron chi connectivity index (χ4n) is 4.73. The summed E-state index contributed by atoms with van der Waals surface area (Å²) in [5.41, 5.74) is -7.69. The highest BCUT2D eigenvalue weighted by Gasteiger charge is 2.78. The Hall–Kier alpha value is -0.360. The van der Waals surface area contributed by atoms with Crippen molar-refractivity contribution < 1.29 is 40.0 Å². The molecule has 3 heterocycles. The lowest BCUT2D eigenvalue weighted by atomic mass is 9.59. The molecule has 0 unspecified atom stereocenters. The van der Waals surface area contributed by atoms with E-state index in [0.717, 1.165) is 0 Å². The molecule has 1 aliphatic carbocycles. The average Bonchev–Trinajstić information content (AvgIpc) is 3.05. The number of ether oxygens (including phenoxy) is 3. The molecule has 0 aromatic rings. The average molecular weight is 463 g/mol. The number of fused-ring (bicyclic) bond motifs is 3. The quantitative estimate of drug-likeness (QED) is 0.357. The molecule has 0 N–H and O–H groups in total. The molecule has 0 aromatic carbocycles. The molecule has 0 aromatic heterocycles. The Labute approximate surface area is 157 Å². The lowest BCUT2D eigenvalue weighted by Crippen LogP contribution is -2.63. The standard InChI is InChI=1S/C15H18BrF3O6S/c1-12(2)23-10-7-6-13(3)9(25-26(20,21)15(17,18)19)5-4-8(16)14(13,22-7)11(10)24-12/h5,7-8,10-11H,4,6H2,1-3H3/t7-,8-,10+,11+,13-,14-/m1/s1. The first-order valence-corrected chi connectivity index (χ1v) is 10.4. The summed E-state index contributed by atoms with van der Waals surface area (Å²) in [5.74, 6) is -1.11. The Morgan fingerprint density at radius 1 is 1.23 bits per heavy atom. The zero-order valence-electron chi connectivity index (χ0n) is 14.2. The van der Waals surface area contributed by atoms with E-state index in [9.17, 15) is 21.6 Å². The topological polar surface area (TPSA) is 71.1 Å². The largest absolute Gasteiger partial charge is 0.534 e. The monoisotopic (exact) mass is 462 g/mol. The minimum absolute atomic E-state index is 0.234. The molecule has 0 radical (unpaired) electrons. The molecule has 3 saturated heterocycles. The van der Waals surface area contributed by atoms with Crippen LogP contribution in [-0.2, 0) is 28.5 Å². The van der Waals surface area contributed by atoms with Crippen LogP contribution in [-0.4, -0.2) is 48.5 Å². The molecular weight excluding hydrogens is 445 g/mol. The van der Waals surface area contributed by atoms with Gasteiger partial charge >= 0.3 is 15.6 Å². The molecular formula is C15H18BrF3O6S. The second kappa shape index (κ2) is 5.16. The zero-order chi connectivity index (χ0) is 19.3. The van der Waals surface area contributed by atoms with Crippen LogP contribution in [0.4, 0.5) is 13.2 Å². The Kier molecular flexibility index (Phi) is 3.77. The number of alkyl halides is 4. The van der Waals surface area contributed by atoms with Gasteiger partial charge in [0, 0.05) is 0 Å². The Morgan fingerprint density at radius 3 is 2.50 bits per heavy atom. The van der Waals surface area contributed by atoms with Crippen molar-refractivity contribution >= 4 is 26.0 Å². The highest BCUT2D eigenvalue weighted by Crippen LogP contribution is 2.67. The lowest BCUT2D eigenvalue weighted by Gasteiger charge is -2.50. The highest BCUT2D eigenvalue weighted by molar-refractivity contribution is 9.09. The van der Waals surface area contributed by atoms with Gasteiger partial charge in [0.1, 0.15) is 23.6 Å². The predicted octanol–water partition coefficient (Wildman–Crippen LogP) is 2.97. The molecule has 4 rings (SSSR count). The maximum Gasteiger partial charge on any atom is 0.534 e. The molecule has 4 aliphatic rings. The third-order valence-electron chi connectivity index (χ3n) is 5.74. The van der Waals surface area contributed by atoms with Crippen molar-refractivity contribution in [1.29, 1.82) is 0 Å². The number of hydrogen-bond donors (Lipinski definition) is 0. The number of rotatable bonds is 2. The van der Waals surface area contributed by atoms with Crippen molar-refractivity contribution in [2.24, 2.45) is 5.41 Å². The number of allylic oxidation sites excluding steroid dienone is 1. The Bertz CT molecular complexity index is 781. The van der Waals surface area contributed by atoms with E-state index in [-0.39, 0.29) is 29.5 Å². The molecule has 2 bridgehead atoms. The first kappa shape index (κ1) is 19.0. The molecule has 6 atom stereocenters. The van der Waals surface area contributed by atoms with Gasteiger partial charge in [-0.05, 0) is 39.7 Å². The lowest BCUT2D eigenvalue weighted by molar-refractivity contribution is -0.204. The maximum atomic E-state index is 12.8. The fourth-order valence-corrected chi connectivity index (χ4v) is 6.38. The van der Waals surface area contributed by atoms with E-state index < -0.39 is 44.6 Å². The molecule has 1 spiro atoms. The molecule has 148 valence electrons. The van der Waals surface area contributed by atoms with Gasteiger partial charge in [0.25, 0.3) is 0 Å². The molecule has 0 amide bonds. The fraction of sp³-hybridized carbons (Fsp3) is 0.867. The van der Waals surface area contributed by atoms with Gasteiger partial charge in [-0.25, -0.2) is 0 Å². The molecule has 0 saturated carbocycles. The van der Waals surface area contributed by atoms with Gasteiger partial charge in [0.2, 0.25) is 0 Å². The van der Waals surface area contributed by atoms with Crippen molar-refractivity contribution in [3.8, 4) is 0 Å². The predicted molar refractivity (Wildman–Crippen MR) is 85.6 cm³/mol. The van der Waals surface area contributed by atoms with Gasteiger partial charge in [-0.1, -0.05) is 15.9 Å². The van der Waals surface area contributed by atoms with E-state index in [1.54, 1.807) is 20.8 Å². The third kappa shape index (κ3) is 2.23. The van der Waals surface area contributed by atoms with E-state index in [4.69, 9.17) is 14.2 Å². The van der Waals surface area contributed by atoms with E-state index in [0.29, 0.717) is 0 Å². The van der Waals surface area contributed by atoms with Crippen LogP contribution in [0.5, 0.6) is 0 Å². The second-order valence-corrected chi connectivity index (χ2v) is 10.4. The van der Waals surface area contributed by atoms with E-state index in [1.165, 1.54) is 6.08 Å². The minimum Gasteiger partial charge on any atom is -0.380 e. The Balaban J connectivity index is 1.75. The SMILES string of the molecule is CC1(C)O[C@H]2[C@H]3C[C@]4(C)C(OS(=O)(=O)C(F)(F)F)=CC[C@@H](Br)[C@@]4(O3)[C@H]2O1. The first-order valence-electron chi connectivity index (χ1n) is 8.12. The van der Waals surface area contributed by atoms with Crippen LogP contribution in [0.15, 0.2) is 11.8 Å². The van der Waals surface area contributed by atoms with Gasteiger partial charge < -0.3 is 18.4 Å². The molecule has 3 aliphatic heterocycles. The highest BCUT2D eigenvalue weighted by atomic mass is 79.9. The van der Waals surface area contributed by atoms with Gasteiger partial charge in [-0.3, -0.25) is 0 Å². The van der Waals surface area contributed by atoms with Gasteiger partial charge in [-0.15, -0.1) is 0 Å². The summed E-state index contributed by atoms with van der Waals surface area (Å²) >= 11 is 3.56. The van der Waals surface area contributed by atoms with Crippen molar-refractivity contribution in [3.63, 3.8) is 0 Å². The van der Waals surface area contributed by atoms with Crippen molar-refractivity contribution in [1.82, 2.24) is 0 Å². The summed E-state index contributed by atoms with van der Waals surface area (Å²) < 4.78 is 84.2. The van der Waals surface area contributed by atoms with Crippen LogP contribution in [0, 0.1) is 5.41 Å². The van der Waals surface area contributed by atoms with Crippen LogP contribution >= 0.6 is 15.9 Å². The summed E-state index contributed by atoms with van der Waals surface area (Å²) in [7, 11) is -5.77. The summed E-state index contributed by atoms with van der Waals surface area (Å²) in [6, 6.07) is 0. The van der Waals surface area contributed by atoms with Crippen LogP contribution < -0.4 is 0 Å². The summed E-state index contributed by atoms with van der Waals surface area (Å²) in [4.78, 5) is -0.293. The molecule has 6 nitrogen and oxygen atoms in total. The molecule has 3 fully saturated rings. The van der Waals surface area contributed by atoms with Gasteiger partial charge in [0.05, 0.1) is 16.3 Å². The molecule has 11 heteroatoms. The maximum absolute atomic E-state index is 12.8.